The SMILES string of the molecule is CC[C@H]1CCc2c(sc(NC(=O)c3ccccc3Br)c2C#N)C1. The molecule has 0 saturated heterocycles. The summed E-state index contributed by atoms with van der Waals surface area (Å²) in [5.41, 5.74) is 2.37. The average Bonchev–Trinajstić information content (AvgIpc) is 2.90. The zero-order valence-electron chi connectivity index (χ0n) is 12.9. The topological polar surface area (TPSA) is 52.9 Å². The molecule has 1 aromatic heterocycles. The minimum atomic E-state index is -0.181. The van der Waals surface area contributed by atoms with Crippen molar-refractivity contribution in [3.05, 3.63) is 50.3 Å². The molecule has 0 spiro atoms. The Bertz CT molecular complexity index is 791. The van der Waals surface area contributed by atoms with Crippen LogP contribution in [0.2, 0.25) is 0 Å². The predicted molar refractivity (Wildman–Crippen MR) is 96.9 cm³/mol. The number of hydrogen-bond donors (Lipinski definition) is 1. The third-order valence-corrected chi connectivity index (χ3v) is 6.26. The van der Waals surface area contributed by atoms with E-state index in [1.54, 1.807) is 17.4 Å². The highest BCUT2D eigenvalue weighted by atomic mass is 79.9. The van der Waals surface area contributed by atoms with E-state index in [2.05, 4.69) is 34.2 Å². The summed E-state index contributed by atoms with van der Waals surface area (Å²) in [5.74, 6) is 0.513. The summed E-state index contributed by atoms with van der Waals surface area (Å²) in [5, 5.41) is 13.1. The molecule has 0 unspecified atom stereocenters. The number of nitrogens with zero attached hydrogens (tertiary/aromatic N) is 1. The van der Waals surface area contributed by atoms with Gasteiger partial charge in [0, 0.05) is 9.35 Å². The first-order valence-corrected chi connectivity index (χ1v) is 9.35. The first-order chi connectivity index (χ1) is 11.1. The molecule has 0 fully saturated rings. The Morgan fingerprint density at radius 1 is 1.48 bits per heavy atom. The number of nitrogens with one attached hydrogen (secondary N) is 1. The highest BCUT2D eigenvalue weighted by Crippen LogP contribution is 2.40. The summed E-state index contributed by atoms with van der Waals surface area (Å²) in [6.45, 7) is 2.21. The molecule has 1 amide bonds. The van der Waals surface area contributed by atoms with Gasteiger partial charge in [0.15, 0.2) is 0 Å². The second-order valence-corrected chi connectivity index (χ2v) is 7.73. The van der Waals surface area contributed by atoms with Gasteiger partial charge in [-0.1, -0.05) is 25.5 Å². The summed E-state index contributed by atoms with van der Waals surface area (Å²) < 4.78 is 0.753. The Morgan fingerprint density at radius 3 is 2.96 bits per heavy atom. The van der Waals surface area contributed by atoms with Crippen LogP contribution in [0.4, 0.5) is 5.00 Å². The van der Waals surface area contributed by atoms with Crippen LogP contribution in [0.1, 0.15) is 46.1 Å². The number of anilines is 1. The van der Waals surface area contributed by atoms with Gasteiger partial charge in [0.2, 0.25) is 0 Å². The van der Waals surface area contributed by atoms with Crippen LogP contribution in [0, 0.1) is 17.2 Å². The van der Waals surface area contributed by atoms with Gasteiger partial charge in [0.25, 0.3) is 5.91 Å². The lowest BCUT2D eigenvalue weighted by atomic mass is 9.86. The maximum absolute atomic E-state index is 12.5. The van der Waals surface area contributed by atoms with Gasteiger partial charge in [-0.05, 0) is 58.8 Å². The van der Waals surface area contributed by atoms with Crippen molar-refractivity contribution in [2.24, 2.45) is 5.92 Å². The fraction of sp³-hybridized carbons (Fsp3) is 0.333. The van der Waals surface area contributed by atoms with Crippen molar-refractivity contribution in [3.8, 4) is 6.07 Å². The molecule has 1 heterocycles. The molecule has 1 aliphatic carbocycles. The van der Waals surface area contributed by atoms with E-state index in [-0.39, 0.29) is 5.91 Å². The molecule has 3 nitrogen and oxygen atoms in total. The number of carbonyl (C=O) groups excluding carboxylic acids is 1. The fourth-order valence-electron chi connectivity index (χ4n) is 3.02. The number of thiophene rings is 1. The molecule has 5 heteroatoms. The van der Waals surface area contributed by atoms with Gasteiger partial charge in [-0.15, -0.1) is 11.3 Å². The quantitative estimate of drug-likeness (QED) is 0.789. The second-order valence-electron chi connectivity index (χ2n) is 5.77. The lowest BCUT2D eigenvalue weighted by Gasteiger charge is -2.20. The Hall–Kier alpha value is -1.64. The van der Waals surface area contributed by atoms with Gasteiger partial charge in [-0.25, -0.2) is 0 Å². The minimum absolute atomic E-state index is 0.181. The number of carbonyl (C=O) groups is 1. The zero-order chi connectivity index (χ0) is 16.4. The molecule has 3 rings (SSSR count). The molecule has 0 radical (unpaired) electrons. The second kappa shape index (κ2) is 6.86. The Labute approximate surface area is 148 Å². The third-order valence-electron chi connectivity index (χ3n) is 4.40. The summed E-state index contributed by atoms with van der Waals surface area (Å²) in [7, 11) is 0. The molecule has 0 saturated carbocycles. The summed E-state index contributed by atoms with van der Waals surface area (Å²) in [6, 6.07) is 9.60. The van der Waals surface area contributed by atoms with E-state index in [1.807, 2.05) is 18.2 Å². The van der Waals surface area contributed by atoms with Gasteiger partial charge < -0.3 is 5.32 Å². The van der Waals surface area contributed by atoms with E-state index in [1.165, 1.54) is 4.88 Å². The molecule has 23 heavy (non-hydrogen) atoms. The summed E-state index contributed by atoms with van der Waals surface area (Å²) in [6.07, 6.45) is 4.26. The smallest absolute Gasteiger partial charge is 0.257 e. The van der Waals surface area contributed by atoms with Crippen LogP contribution in [-0.2, 0) is 12.8 Å². The van der Waals surface area contributed by atoms with Crippen molar-refractivity contribution in [1.82, 2.24) is 0 Å². The zero-order valence-corrected chi connectivity index (χ0v) is 15.3. The van der Waals surface area contributed by atoms with E-state index in [0.29, 0.717) is 22.0 Å². The molecule has 1 aliphatic rings. The molecule has 0 bridgehead atoms. The van der Waals surface area contributed by atoms with Crippen molar-refractivity contribution >= 4 is 38.2 Å². The van der Waals surface area contributed by atoms with Crippen LogP contribution in [0.3, 0.4) is 0 Å². The minimum Gasteiger partial charge on any atom is -0.312 e. The number of nitriles is 1. The van der Waals surface area contributed by atoms with Crippen LogP contribution in [0.5, 0.6) is 0 Å². The predicted octanol–water partition coefficient (Wildman–Crippen LogP) is 5.15. The number of fused-ring (bicyclic) bond motifs is 1. The number of halogens is 1. The maximum atomic E-state index is 12.5. The summed E-state index contributed by atoms with van der Waals surface area (Å²) >= 11 is 4.96. The largest absolute Gasteiger partial charge is 0.312 e. The number of hydrogen-bond acceptors (Lipinski definition) is 3. The molecule has 2 aromatic rings. The van der Waals surface area contributed by atoms with Crippen LogP contribution < -0.4 is 5.32 Å². The van der Waals surface area contributed by atoms with Crippen LogP contribution in [-0.4, -0.2) is 5.91 Å². The third kappa shape index (κ3) is 3.19. The first kappa shape index (κ1) is 16.2. The van der Waals surface area contributed by atoms with Gasteiger partial charge in [0.1, 0.15) is 11.1 Å². The Kier molecular flexibility index (Phi) is 4.84. The van der Waals surface area contributed by atoms with E-state index in [0.717, 1.165) is 35.7 Å². The van der Waals surface area contributed by atoms with Gasteiger partial charge in [-0.3, -0.25) is 4.79 Å². The standard InChI is InChI=1S/C18H17BrN2OS/c1-2-11-7-8-12-14(10-20)18(23-16(12)9-11)21-17(22)13-5-3-4-6-15(13)19/h3-6,11H,2,7-9H2,1H3,(H,21,22)/t11-/m0/s1. The van der Waals surface area contributed by atoms with Crippen molar-refractivity contribution < 1.29 is 4.79 Å². The molecule has 1 N–H and O–H groups in total. The van der Waals surface area contributed by atoms with E-state index >= 15 is 0 Å². The summed E-state index contributed by atoms with van der Waals surface area (Å²) in [4.78, 5) is 13.8. The lowest BCUT2D eigenvalue weighted by molar-refractivity contribution is 0.102. The van der Waals surface area contributed by atoms with Crippen molar-refractivity contribution in [2.75, 3.05) is 5.32 Å². The highest BCUT2D eigenvalue weighted by Gasteiger charge is 2.26. The van der Waals surface area contributed by atoms with E-state index < -0.39 is 0 Å². The fourth-order valence-corrected chi connectivity index (χ4v) is 4.80. The van der Waals surface area contributed by atoms with E-state index in [4.69, 9.17) is 0 Å². The lowest BCUT2D eigenvalue weighted by Crippen LogP contribution is -2.13. The van der Waals surface area contributed by atoms with Crippen LogP contribution in [0.25, 0.3) is 0 Å². The van der Waals surface area contributed by atoms with Crippen molar-refractivity contribution in [3.63, 3.8) is 0 Å². The van der Waals surface area contributed by atoms with Crippen LogP contribution in [0.15, 0.2) is 28.7 Å². The molecule has 118 valence electrons. The number of rotatable bonds is 3. The number of amides is 1. The number of benzene rings is 1. The maximum Gasteiger partial charge on any atom is 0.257 e. The monoisotopic (exact) mass is 388 g/mol. The van der Waals surface area contributed by atoms with Gasteiger partial charge in [0.05, 0.1) is 11.1 Å². The van der Waals surface area contributed by atoms with E-state index in [9.17, 15) is 10.1 Å². The van der Waals surface area contributed by atoms with Gasteiger partial charge >= 0.3 is 0 Å². The molecule has 1 atom stereocenters. The molecule has 1 aromatic carbocycles. The highest BCUT2D eigenvalue weighted by molar-refractivity contribution is 9.10. The Morgan fingerprint density at radius 2 is 2.26 bits per heavy atom. The van der Waals surface area contributed by atoms with Gasteiger partial charge in [-0.2, -0.15) is 5.26 Å². The molecular formula is C18H17BrN2OS. The van der Waals surface area contributed by atoms with Crippen molar-refractivity contribution in [2.45, 2.75) is 32.6 Å². The van der Waals surface area contributed by atoms with Crippen molar-refractivity contribution in [1.29, 1.82) is 5.26 Å². The first-order valence-electron chi connectivity index (χ1n) is 7.74. The normalized spacial score (nSPS) is 16.5. The molecular weight excluding hydrogens is 372 g/mol. The Balaban J connectivity index is 1.90. The van der Waals surface area contributed by atoms with Crippen LogP contribution >= 0.6 is 27.3 Å². The average molecular weight is 389 g/mol. The molecule has 0 aliphatic heterocycles.